The minimum atomic E-state index is -3.23. The average molecular weight is 247 g/mol. The lowest BCUT2D eigenvalue weighted by atomic mass is 10.0. The van der Waals surface area contributed by atoms with E-state index in [1.165, 1.54) is 0 Å². The molecule has 2 fully saturated rings. The minimum Gasteiger partial charge on any atom is -0.373 e. The molecule has 2 heterocycles. The topological polar surface area (TPSA) is 63.7 Å². The van der Waals surface area contributed by atoms with Crippen molar-refractivity contribution in [2.45, 2.75) is 25.6 Å². The van der Waals surface area contributed by atoms with Gasteiger partial charge in [0.05, 0.1) is 12.2 Å². The van der Waals surface area contributed by atoms with Gasteiger partial charge in [-0.05, 0) is 13.3 Å². The number of hydrogen-bond donors (Lipinski definition) is 0. The second-order valence-electron chi connectivity index (χ2n) is 4.85. The smallest absolute Gasteiger partial charge is 0.237 e. The fraction of sp³-hybridized carbons (Fsp3) is 0.900. The van der Waals surface area contributed by atoms with E-state index in [1.54, 1.807) is 4.90 Å². The quantitative estimate of drug-likeness (QED) is 0.670. The van der Waals surface area contributed by atoms with Gasteiger partial charge in [-0.1, -0.05) is 0 Å². The Labute approximate surface area is 95.7 Å². The number of amides is 1. The summed E-state index contributed by atoms with van der Waals surface area (Å²) in [4.78, 5) is 13.3. The normalized spacial score (nSPS) is 34.1. The van der Waals surface area contributed by atoms with Crippen LogP contribution in [-0.4, -0.2) is 56.5 Å². The van der Waals surface area contributed by atoms with E-state index < -0.39 is 9.84 Å². The zero-order chi connectivity index (χ0) is 11.9. The van der Waals surface area contributed by atoms with Crippen LogP contribution in [0.25, 0.3) is 0 Å². The van der Waals surface area contributed by atoms with Crippen LogP contribution in [0, 0.1) is 5.92 Å². The fourth-order valence-electron chi connectivity index (χ4n) is 2.52. The molecule has 0 aromatic carbocycles. The zero-order valence-corrected chi connectivity index (χ0v) is 10.4. The van der Waals surface area contributed by atoms with Crippen molar-refractivity contribution >= 4 is 15.7 Å². The summed E-state index contributed by atoms with van der Waals surface area (Å²) >= 11 is 0. The molecule has 0 saturated carbocycles. The van der Waals surface area contributed by atoms with Gasteiger partial charge in [-0.15, -0.1) is 0 Å². The van der Waals surface area contributed by atoms with Gasteiger partial charge in [-0.3, -0.25) is 4.79 Å². The molecule has 0 spiro atoms. The Morgan fingerprint density at radius 1 is 1.44 bits per heavy atom. The van der Waals surface area contributed by atoms with E-state index in [-0.39, 0.29) is 23.9 Å². The molecule has 0 aliphatic carbocycles. The zero-order valence-electron chi connectivity index (χ0n) is 9.55. The first-order valence-corrected chi connectivity index (χ1v) is 7.52. The highest BCUT2D eigenvalue weighted by Crippen LogP contribution is 2.32. The van der Waals surface area contributed by atoms with Gasteiger partial charge in [0.2, 0.25) is 5.91 Å². The van der Waals surface area contributed by atoms with Gasteiger partial charge in [-0.2, -0.15) is 0 Å². The molecule has 2 saturated heterocycles. The third-order valence-electron chi connectivity index (χ3n) is 3.16. The van der Waals surface area contributed by atoms with E-state index in [4.69, 9.17) is 4.74 Å². The molecule has 2 rings (SSSR count). The number of ether oxygens (including phenoxy) is 1. The Bertz CT molecular complexity index is 378. The summed E-state index contributed by atoms with van der Waals surface area (Å²) in [7, 11) is -3.23. The first-order chi connectivity index (χ1) is 7.35. The maximum Gasteiger partial charge on any atom is 0.237 e. The van der Waals surface area contributed by atoms with E-state index in [1.807, 2.05) is 6.92 Å². The summed E-state index contributed by atoms with van der Waals surface area (Å²) in [5.74, 6) is -0.297. The number of hydrogen-bond acceptors (Lipinski definition) is 4. The van der Waals surface area contributed by atoms with Gasteiger partial charge >= 0.3 is 0 Å². The SMILES string of the molecule is C[C@@H]1C[C@H]2CN(C(=O)CS(C)(=O)=O)C[C@H]2O1. The number of fused-ring (bicyclic) bond motifs is 1. The summed E-state index contributed by atoms with van der Waals surface area (Å²) in [6.45, 7) is 3.22. The molecule has 6 heteroatoms. The highest BCUT2D eigenvalue weighted by atomic mass is 32.2. The third kappa shape index (κ3) is 2.55. The highest BCUT2D eigenvalue weighted by Gasteiger charge is 2.42. The molecule has 0 aromatic rings. The van der Waals surface area contributed by atoms with Crippen LogP contribution < -0.4 is 0 Å². The first kappa shape index (κ1) is 11.9. The van der Waals surface area contributed by atoms with Gasteiger partial charge in [0.25, 0.3) is 0 Å². The van der Waals surface area contributed by atoms with Crippen molar-refractivity contribution in [1.29, 1.82) is 0 Å². The Kier molecular flexibility index (Phi) is 2.96. The second-order valence-corrected chi connectivity index (χ2v) is 6.99. The largest absolute Gasteiger partial charge is 0.373 e. The monoisotopic (exact) mass is 247 g/mol. The summed E-state index contributed by atoms with van der Waals surface area (Å²) < 4.78 is 27.7. The number of nitrogens with zero attached hydrogens (tertiary/aromatic N) is 1. The number of rotatable bonds is 2. The van der Waals surface area contributed by atoms with Crippen molar-refractivity contribution in [3.8, 4) is 0 Å². The van der Waals surface area contributed by atoms with Gasteiger partial charge in [0, 0.05) is 25.3 Å². The minimum absolute atomic E-state index is 0.110. The van der Waals surface area contributed by atoms with Crippen molar-refractivity contribution in [2.75, 3.05) is 25.1 Å². The van der Waals surface area contributed by atoms with Crippen LogP contribution in [-0.2, 0) is 19.4 Å². The van der Waals surface area contributed by atoms with Crippen LogP contribution in [0.2, 0.25) is 0 Å². The molecule has 1 amide bonds. The Morgan fingerprint density at radius 3 is 2.69 bits per heavy atom. The first-order valence-electron chi connectivity index (χ1n) is 5.46. The molecule has 0 unspecified atom stereocenters. The summed E-state index contributed by atoms with van der Waals surface area (Å²) in [6.07, 6.45) is 2.42. The fourth-order valence-corrected chi connectivity index (χ4v) is 3.15. The Morgan fingerprint density at radius 2 is 2.12 bits per heavy atom. The van der Waals surface area contributed by atoms with E-state index >= 15 is 0 Å². The van der Waals surface area contributed by atoms with Crippen LogP contribution in [0.3, 0.4) is 0 Å². The van der Waals surface area contributed by atoms with Crippen molar-refractivity contribution in [2.24, 2.45) is 5.92 Å². The van der Waals surface area contributed by atoms with Crippen LogP contribution >= 0.6 is 0 Å². The third-order valence-corrected chi connectivity index (χ3v) is 3.93. The van der Waals surface area contributed by atoms with Gasteiger partial charge < -0.3 is 9.64 Å². The van der Waals surface area contributed by atoms with Crippen LogP contribution in [0.1, 0.15) is 13.3 Å². The van der Waals surface area contributed by atoms with E-state index in [0.717, 1.165) is 12.7 Å². The molecule has 5 nitrogen and oxygen atoms in total. The second kappa shape index (κ2) is 4.00. The predicted molar refractivity (Wildman–Crippen MR) is 58.7 cm³/mol. The summed E-state index contributed by atoms with van der Waals surface area (Å²) in [5.41, 5.74) is 0. The number of carbonyl (C=O) groups is 1. The van der Waals surface area contributed by atoms with Crippen LogP contribution in [0.4, 0.5) is 0 Å². The van der Waals surface area contributed by atoms with Crippen molar-refractivity contribution in [3.63, 3.8) is 0 Å². The lowest BCUT2D eigenvalue weighted by molar-refractivity contribution is -0.128. The lowest BCUT2D eigenvalue weighted by Crippen LogP contribution is -2.35. The maximum absolute atomic E-state index is 11.7. The molecule has 0 N–H and O–H groups in total. The summed E-state index contributed by atoms with van der Waals surface area (Å²) in [6, 6.07) is 0. The number of likely N-dealkylation sites (tertiary alicyclic amines) is 1. The van der Waals surface area contributed by atoms with Gasteiger partial charge in [0.15, 0.2) is 9.84 Å². The maximum atomic E-state index is 11.7. The predicted octanol–water partition coefficient (Wildman–Crippen LogP) is -0.333. The molecule has 2 aliphatic rings. The molecule has 0 bridgehead atoms. The van der Waals surface area contributed by atoms with Crippen LogP contribution in [0.15, 0.2) is 0 Å². The average Bonchev–Trinajstić information content (AvgIpc) is 2.56. The standard InChI is InChI=1S/C10H17NO4S/c1-7-3-8-4-11(5-9(8)15-7)10(12)6-16(2,13)14/h7-9H,3-6H2,1-2H3/t7-,8+,9-/m1/s1. The Balaban J connectivity index is 1.93. The molecule has 92 valence electrons. The number of sulfone groups is 1. The molecule has 0 aromatic heterocycles. The van der Waals surface area contributed by atoms with Gasteiger partial charge in [-0.25, -0.2) is 8.42 Å². The molecular formula is C10H17NO4S. The van der Waals surface area contributed by atoms with E-state index in [2.05, 4.69) is 0 Å². The number of carbonyl (C=O) groups excluding carboxylic acids is 1. The lowest BCUT2D eigenvalue weighted by Gasteiger charge is -2.17. The summed E-state index contributed by atoms with van der Waals surface area (Å²) in [5, 5.41) is 0. The van der Waals surface area contributed by atoms with Crippen molar-refractivity contribution in [3.05, 3.63) is 0 Å². The molecule has 0 radical (unpaired) electrons. The van der Waals surface area contributed by atoms with Crippen molar-refractivity contribution < 1.29 is 17.9 Å². The molecule has 16 heavy (non-hydrogen) atoms. The highest BCUT2D eigenvalue weighted by molar-refractivity contribution is 7.91. The van der Waals surface area contributed by atoms with Gasteiger partial charge in [0.1, 0.15) is 5.75 Å². The molecule has 3 atom stereocenters. The van der Waals surface area contributed by atoms with Crippen LogP contribution in [0.5, 0.6) is 0 Å². The molecule has 2 aliphatic heterocycles. The van der Waals surface area contributed by atoms with E-state index in [9.17, 15) is 13.2 Å². The Hall–Kier alpha value is -0.620. The molecular weight excluding hydrogens is 230 g/mol. The van der Waals surface area contributed by atoms with Crippen molar-refractivity contribution in [1.82, 2.24) is 4.90 Å². The van der Waals surface area contributed by atoms with E-state index in [0.29, 0.717) is 19.0 Å².